The van der Waals surface area contributed by atoms with Crippen LogP contribution in [0.4, 0.5) is 0 Å². The quantitative estimate of drug-likeness (QED) is 0.352. The van der Waals surface area contributed by atoms with Gasteiger partial charge in [0.25, 0.3) is 11.7 Å². The smallest absolute Gasteiger partial charge is 0.296 e. The van der Waals surface area contributed by atoms with Gasteiger partial charge in [0.15, 0.2) is 0 Å². The van der Waals surface area contributed by atoms with E-state index in [9.17, 15) is 14.7 Å². The highest BCUT2D eigenvalue weighted by molar-refractivity contribution is 6.46. The Labute approximate surface area is 179 Å². The van der Waals surface area contributed by atoms with Gasteiger partial charge in [-0.15, -0.1) is 0 Å². The van der Waals surface area contributed by atoms with Crippen molar-refractivity contribution in [2.75, 3.05) is 0 Å². The molecule has 1 aromatic heterocycles. The molecule has 0 saturated carbocycles. The lowest BCUT2D eigenvalue weighted by molar-refractivity contribution is -0.140. The van der Waals surface area contributed by atoms with Gasteiger partial charge in [-0.05, 0) is 53.9 Å². The van der Waals surface area contributed by atoms with E-state index in [1.54, 1.807) is 36.4 Å². The lowest BCUT2D eigenvalue weighted by Crippen LogP contribution is -2.29. The second-order valence-corrected chi connectivity index (χ2v) is 7.54. The first-order chi connectivity index (χ1) is 14.5. The Kier molecular flexibility index (Phi) is 5.46. The maximum Gasteiger partial charge on any atom is 0.296 e. The van der Waals surface area contributed by atoms with Gasteiger partial charge < -0.3 is 14.4 Å². The highest BCUT2D eigenvalue weighted by atomic mass is 35.5. The summed E-state index contributed by atoms with van der Waals surface area (Å²) in [5.41, 5.74) is 2.36. The molecule has 5 nitrogen and oxygen atoms in total. The predicted octanol–water partition coefficient (Wildman–Crippen LogP) is 5.12. The van der Waals surface area contributed by atoms with Crippen LogP contribution >= 0.6 is 11.6 Å². The first-order valence-corrected chi connectivity index (χ1v) is 10.0. The Bertz CT molecular complexity index is 1100. The molecule has 1 saturated heterocycles. The summed E-state index contributed by atoms with van der Waals surface area (Å²) in [6.45, 7) is 2.17. The van der Waals surface area contributed by atoms with Crippen molar-refractivity contribution in [1.29, 1.82) is 0 Å². The van der Waals surface area contributed by atoms with E-state index in [1.807, 2.05) is 24.3 Å². The number of aryl methyl sites for hydroxylation is 1. The molecule has 1 N–H and O–H groups in total. The fourth-order valence-corrected chi connectivity index (χ4v) is 3.78. The van der Waals surface area contributed by atoms with E-state index < -0.39 is 17.7 Å². The van der Waals surface area contributed by atoms with E-state index in [0.717, 1.165) is 17.5 Å². The number of furan rings is 1. The summed E-state index contributed by atoms with van der Waals surface area (Å²) in [5.74, 6) is -1.07. The van der Waals surface area contributed by atoms with Gasteiger partial charge in [-0.3, -0.25) is 9.59 Å². The highest BCUT2D eigenvalue weighted by Gasteiger charge is 2.46. The Hall–Kier alpha value is -3.31. The Morgan fingerprint density at radius 3 is 2.37 bits per heavy atom. The van der Waals surface area contributed by atoms with Crippen molar-refractivity contribution in [3.8, 4) is 0 Å². The highest BCUT2D eigenvalue weighted by Crippen LogP contribution is 2.40. The molecular weight excluding hydrogens is 402 g/mol. The molecule has 1 aliphatic heterocycles. The van der Waals surface area contributed by atoms with Crippen LogP contribution in [0.2, 0.25) is 5.02 Å². The van der Waals surface area contributed by atoms with E-state index in [4.69, 9.17) is 16.0 Å². The van der Waals surface area contributed by atoms with Crippen molar-refractivity contribution in [1.82, 2.24) is 4.90 Å². The lowest BCUT2D eigenvalue weighted by Gasteiger charge is -2.24. The number of likely N-dealkylation sites (tertiary alicyclic amines) is 1. The topological polar surface area (TPSA) is 70.8 Å². The number of hydrogen-bond donors (Lipinski definition) is 1. The average molecular weight is 422 g/mol. The molecule has 1 fully saturated rings. The van der Waals surface area contributed by atoms with Gasteiger partial charge in [-0.25, -0.2) is 0 Å². The summed E-state index contributed by atoms with van der Waals surface area (Å²) in [6, 6.07) is 16.9. The average Bonchev–Trinajstić information content (AvgIpc) is 3.36. The molecule has 0 radical (unpaired) electrons. The maximum absolute atomic E-state index is 13.0. The Balaban J connectivity index is 1.85. The molecule has 6 heteroatoms. The van der Waals surface area contributed by atoms with Gasteiger partial charge in [0.05, 0.1) is 24.4 Å². The second kappa shape index (κ2) is 8.20. The molecule has 3 aromatic rings. The number of halogens is 1. The minimum atomic E-state index is -0.725. The number of aliphatic hydroxyl groups is 1. The van der Waals surface area contributed by atoms with Crippen LogP contribution in [-0.2, 0) is 22.6 Å². The van der Waals surface area contributed by atoms with E-state index in [2.05, 4.69) is 6.92 Å². The number of carbonyl (C=O) groups excluding carboxylic acids is 2. The largest absolute Gasteiger partial charge is 0.507 e. The van der Waals surface area contributed by atoms with E-state index >= 15 is 0 Å². The zero-order chi connectivity index (χ0) is 21.3. The number of hydrogen-bond acceptors (Lipinski definition) is 4. The minimum Gasteiger partial charge on any atom is -0.507 e. The van der Waals surface area contributed by atoms with Crippen molar-refractivity contribution >= 4 is 29.1 Å². The van der Waals surface area contributed by atoms with Crippen LogP contribution in [0.5, 0.6) is 0 Å². The summed E-state index contributed by atoms with van der Waals surface area (Å²) >= 11 is 5.95. The third-order valence-corrected chi connectivity index (χ3v) is 5.52. The van der Waals surface area contributed by atoms with Gasteiger partial charge in [0.1, 0.15) is 11.5 Å². The first kappa shape index (κ1) is 20.0. The lowest BCUT2D eigenvalue weighted by atomic mass is 9.94. The molecule has 0 bridgehead atoms. The molecule has 0 spiro atoms. The molecule has 2 heterocycles. The number of carbonyl (C=O) groups is 2. The SMILES string of the molecule is CCc1ccc(C2/C(=C(/O)c3ccc(Cl)cc3)C(=O)C(=O)N2Cc2ccco2)cc1. The number of ketones is 1. The van der Waals surface area contributed by atoms with Crippen molar-refractivity contribution in [3.05, 3.63) is 100.0 Å². The molecule has 1 unspecified atom stereocenters. The Morgan fingerprint density at radius 1 is 1.07 bits per heavy atom. The van der Waals surface area contributed by atoms with Crippen molar-refractivity contribution < 1.29 is 19.1 Å². The molecule has 1 amide bonds. The maximum atomic E-state index is 13.0. The van der Waals surface area contributed by atoms with Gasteiger partial charge in [-0.2, -0.15) is 0 Å². The zero-order valence-corrected chi connectivity index (χ0v) is 17.1. The van der Waals surface area contributed by atoms with Gasteiger partial charge >= 0.3 is 0 Å². The summed E-state index contributed by atoms with van der Waals surface area (Å²) in [6.07, 6.45) is 2.39. The Morgan fingerprint density at radius 2 is 1.77 bits per heavy atom. The molecule has 2 aromatic carbocycles. The second-order valence-electron chi connectivity index (χ2n) is 7.11. The fraction of sp³-hybridized carbons (Fsp3) is 0.167. The van der Waals surface area contributed by atoms with Crippen molar-refractivity contribution in [3.63, 3.8) is 0 Å². The third kappa shape index (κ3) is 3.64. The van der Waals surface area contributed by atoms with E-state index in [1.165, 1.54) is 11.2 Å². The van der Waals surface area contributed by atoms with Crippen LogP contribution in [-0.4, -0.2) is 21.7 Å². The van der Waals surface area contributed by atoms with Crippen LogP contribution in [0.1, 0.15) is 35.4 Å². The van der Waals surface area contributed by atoms with Crippen LogP contribution in [0.3, 0.4) is 0 Å². The van der Waals surface area contributed by atoms with Crippen LogP contribution in [0, 0.1) is 0 Å². The van der Waals surface area contributed by atoms with Crippen molar-refractivity contribution in [2.24, 2.45) is 0 Å². The normalized spacial score (nSPS) is 18.2. The van der Waals surface area contributed by atoms with Crippen LogP contribution in [0.25, 0.3) is 5.76 Å². The molecular formula is C24H20ClNO4. The number of Topliss-reactive ketones (excluding diaryl/α,β-unsaturated/α-hetero) is 1. The van der Waals surface area contributed by atoms with E-state index in [0.29, 0.717) is 16.3 Å². The number of benzene rings is 2. The number of rotatable bonds is 5. The van der Waals surface area contributed by atoms with Gasteiger partial charge in [0, 0.05) is 10.6 Å². The first-order valence-electron chi connectivity index (χ1n) is 9.65. The molecule has 0 aliphatic carbocycles. The summed E-state index contributed by atoms with van der Waals surface area (Å²) < 4.78 is 5.39. The summed E-state index contributed by atoms with van der Waals surface area (Å²) in [5, 5.41) is 11.5. The fourth-order valence-electron chi connectivity index (χ4n) is 3.66. The van der Waals surface area contributed by atoms with Crippen LogP contribution < -0.4 is 0 Å². The number of amides is 1. The monoisotopic (exact) mass is 421 g/mol. The van der Waals surface area contributed by atoms with Gasteiger partial charge in [-0.1, -0.05) is 42.8 Å². The number of nitrogens with zero attached hydrogens (tertiary/aromatic N) is 1. The van der Waals surface area contributed by atoms with Crippen LogP contribution in [0.15, 0.2) is 76.9 Å². The van der Waals surface area contributed by atoms with Crippen molar-refractivity contribution in [2.45, 2.75) is 25.9 Å². The summed E-state index contributed by atoms with van der Waals surface area (Å²) in [4.78, 5) is 27.3. The number of aliphatic hydroxyl groups excluding tert-OH is 1. The zero-order valence-electron chi connectivity index (χ0n) is 16.3. The third-order valence-electron chi connectivity index (χ3n) is 5.27. The standard InChI is InChI=1S/C24H20ClNO4/c1-2-15-5-7-16(8-6-15)21-20(22(27)17-9-11-18(25)12-10-17)23(28)24(29)26(21)14-19-4-3-13-30-19/h3-13,21,27H,2,14H2,1H3/b22-20-. The molecule has 1 aliphatic rings. The molecule has 152 valence electrons. The summed E-state index contributed by atoms with van der Waals surface area (Å²) in [7, 11) is 0. The molecule has 4 rings (SSSR count). The molecule has 1 atom stereocenters. The van der Waals surface area contributed by atoms with E-state index in [-0.39, 0.29) is 17.9 Å². The predicted molar refractivity (Wildman–Crippen MR) is 114 cm³/mol. The van der Waals surface area contributed by atoms with Gasteiger partial charge in [0.2, 0.25) is 0 Å². The minimum absolute atomic E-state index is 0.0538. The molecule has 30 heavy (non-hydrogen) atoms.